The Morgan fingerprint density at radius 2 is 1.49 bits per heavy atom. The molecule has 0 aliphatic carbocycles. The van der Waals surface area contributed by atoms with E-state index in [0.717, 1.165) is 22.6 Å². The fraction of sp³-hybridized carbons (Fsp3) is 0.179. The van der Waals surface area contributed by atoms with Gasteiger partial charge in [0, 0.05) is 29.8 Å². The van der Waals surface area contributed by atoms with E-state index in [1.807, 2.05) is 91.0 Å². The Labute approximate surface area is 280 Å². The number of rotatable bonds is 15. The van der Waals surface area contributed by atoms with Crippen LogP contribution in [-0.4, -0.2) is 45.2 Å². The smallest absolute Gasteiger partial charge is 0.328 e. The molecule has 0 unspecified atom stereocenters. The molecule has 5 rings (SSSR count). The SMILES string of the molecule is COC(=O)[C@H](Cc1ccc(OCCN(Cc2cccc(OC)c2)c2ccccc2Cl)cc1)Nc1ccccc1C(=O)c1ccccc1. The Kier molecular flexibility index (Phi) is 11.5. The molecular formula is C39H37ClN2O5. The number of halogens is 1. The molecule has 0 saturated carbocycles. The van der Waals surface area contributed by atoms with Gasteiger partial charge in [-0.15, -0.1) is 0 Å². The normalized spacial score (nSPS) is 11.3. The van der Waals surface area contributed by atoms with Crippen molar-refractivity contribution in [1.82, 2.24) is 0 Å². The lowest BCUT2D eigenvalue weighted by Gasteiger charge is -2.26. The van der Waals surface area contributed by atoms with Gasteiger partial charge in [-0.2, -0.15) is 0 Å². The van der Waals surface area contributed by atoms with Gasteiger partial charge in [-0.25, -0.2) is 4.79 Å². The summed E-state index contributed by atoms with van der Waals surface area (Å²) in [4.78, 5) is 28.3. The Balaban J connectivity index is 1.24. The minimum atomic E-state index is -0.711. The predicted molar refractivity (Wildman–Crippen MR) is 187 cm³/mol. The standard InChI is InChI=1S/C39H37ClN2O5/c1-45-32-14-10-11-29(25-32)27-42(37-18-9-7-16-34(37)40)23-24-47-31-21-19-28(20-22-31)26-36(39(44)46-2)41-35-17-8-6-15-33(35)38(43)30-12-4-3-5-13-30/h3-22,25,36,41H,23-24,26-27H2,1-2H3/t36-/m0/s1. The first kappa shape index (κ1) is 33.1. The van der Waals surface area contributed by atoms with Gasteiger partial charge in [0.15, 0.2) is 5.78 Å². The van der Waals surface area contributed by atoms with Gasteiger partial charge < -0.3 is 24.4 Å². The van der Waals surface area contributed by atoms with Crippen molar-refractivity contribution in [3.8, 4) is 11.5 Å². The minimum Gasteiger partial charge on any atom is -0.497 e. The second kappa shape index (κ2) is 16.3. The van der Waals surface area contributed by atoms with Crippen LogP contribution in [0.15, 0.2) is 127 Å². The minimum absolute atomic E-state index is 0.129. The molecule has 7 nitrogen and oxygen atoms in total. The molecule has 0 fully saturated rings. The van der Waals surface area contributed by atoms with Crippen LogP contribution in [-0.2, 0) is 22.5 Å². The van der Waals surface area contributed by atoms with Crippen molar-refractivity contribution in [2.45, 2.75) is 19.0 Å². The molecule has 0 spiro atoms. The van der Waals surface area contributed by atoms with E-state index < -0.39 is 12.0 Å². The number of nitrogens with one attached hydrogen (secondary N) is 1. The molecule has 0 aliphatic heterocycles. The largest absolute Gasteiger partial charge is 0.497 e. The molecule has 1 atom stereocenters. The predicted octanol–water partition coefficient (Wildman–Crippen LogP) is 7.86. The number of carbonyl (C=O) groups is 2. The van der Waals surface area contributed by atoms with Crippen molar-refractivity contribution in [3.05, 3.63) is 155 Å². The highest BCUT2D eigenvalue weighted by molar-refractivity contribution is 6.33. The van der Waals surface area contributed by atoms with Gasteiger partial charge in [0.25, 0.3) is 0 Å². The van der Waals surface area contributed by atoms with Crippen LogP contribution < -0.4 is 19.7 Å². The number of benzene rings is 5. The number of ketones is 1. The summed E-state index contributed by atoms with van der Waals surface area (Å²) in [7, 11) is 3.01. The number of methoxy groups -OCH3 is 2. The van der Waals surface area contributed by atoms with Crippen molar-refractivity contribution in [2.75, 3.05) is 37.6 Å². The number of para-hydroxylation sites is 2. The summed E-state index contributed by atoms with van der Waals surface area (Å²) >= 11 is 6.57. The van der Waals surface area contributed by atoms with Gasteiger partial charge in [-0.3, -0.25) is 4.79 Å². The molecule has 0 aliphatic rings. The lowest BCUT2D eigenvalue weighted by atomic mass is 10.00. The molecule has 0 bridgehead atoms. The molecule has 0 aromatic heterocycles. The summed E-state index contributed by atoms with van der Waals surface area (Å²) in [5.41, 5.74) is 4.53. The molecule has 0 amide bonds. The van der Waals surface area contributed by atoms with Crippen LogP contribution in [0.25, 0.3) is 0 Å². The number of ether oxygens (including phenoxy) is 3. The first-order valence-corrected chi connectivity index (χ1v) is 15.7. The number of esters is 1. The molecule has 5 aromatic rings. The number of carbonyl (C=O) groups excluding carboxylic acids is 2. The van der Waals surface area contributed by atoms with Gasteiger partial charge in [-0.05, 0) is 59.7 Å². The van der Waals surface area contributed by atoms with Crippen LogP contribution in [0.1, 0.15) is 27.0 Å². The molecule has 0 heterocycles. The highest BCUT2D eigenvalue weighted by atomic mass is 35.5. The van der Waals surface area contributed by atoms with E-state index >= 15 is 0 Å². The average Bonchev–Trinajstić information content (AvgIpc) is 3.12. The maximum atomic E-state index is 13.2. The Bertz CT molecular complexity index is 1780. The maximum Gasteiger partial charge on any atom is 0.328 e. The van der Waals surface area contributed by atoms with Crippen molar-refractivity contribution < 1.29 is 23.8 Å². The summed E-state index contributed by atoms with van der Waals surface area (Å²) < 4.78 is 16.7. The van der Waals surface area contributed by atoms with Gasteiger partial charge >= 0.3 is 5.97 Å². The van der Waals surface area contributed by atoms with Gasteiger partial charge in [0.2, 0.25) is 0 Å². The lowest BCUT2D eigenvalue weighted by Crippen LogP contribution is -2.33. The van der Waals surface area contributed by atoms with Crippen molar-refractivity contribution in [1.29, 1.82) is 0 Å². The Morgan fingerprint density at radius 1 is 0.766 bits per heavy atom. The third kappa shape index (κ3) is 8.93. The zero-order chi connectivity index (χ0) is 33.0. The summed E-state index contributed by atoms with van der Waals surface area (Å²) in [6.45, 7) is 1.65. The van der Waals surface area contributed by atoms with Gasteiger partial charge in [0.1, 0.15) is 24.1 Å². The average molecular weight is 649 g/mol. The van der Waals surface area contributed by atoms with Crippen LogP contribution in [0.3, 0.4) is 0 Å². The van der Waals surface area contributed by atoms with E-state index in [2.05, 4.69) is 16.3 Å². The first-order valence-electron chi connectivity index (χ1n) is 15.3. The Hall–Kier alpha value is -5.27. The van der Waals surface area contributed by atoms with Crippen LogP contribution >= 0.6 is 11.6 Å². The van der Waals surface area contributed by atoms with Gasteiger partial charge in [-0.1, -0.05) is 90.5 Å². The maximum absolute atomic E-state index is 13.2. The quantitative estimate of drug-likeness (QED) is 0.0915. The number of anilines is 2. The first-order chi connectivity index (χ1) is 22.9. The number of hydrogen-bond donors (Lipinski definition) is 1. The third-order valence-electron chi connectivity index (χ3n) is 7.72. The zero-order valence-electron chi connectivity index (χ0n) is 26.4. The highest BCUT2D eigenvalue weighted by Gasteiger charge is 2.23. The Morgan fingerprint density at radius 3 is 2.23 bits per heavy atom. The monoisotopic (exact) mass is 648 g/mol. The third-order valence-corrected chi connectivity index (χ3v) is 8.04. The summed E-state index contributed by atoms with van der Waals surface area (Å²) in [5, 5.41) is 3.92. The fourth-order valence-corrected chi connectivity index (χ4v) is 5.55. The van der Waals surface area contributed by atoms with Crippen molar-refractivity contribution in [3.63, 3.8) is 0 Å². The van der Waals surface area contributed by atoms with Crippen molar-refractivity contribution in [2.24, 2.45) is 0 Å². The van der Waals surface area contributed by atoms with E-state index in [1.54, 1.807) is 37.4 Å². The fourth-order valence-electron chi connectivity index (χ4n) is 5.29. The van der Waals surface area contributed by atoms with E-state index in [-0.39, 0.29) is 5.78 Å². The lowest BCUT2D eigenvalue weighted by molar-refractivity contribution is -0.141. The summed E-state index contributed by atoms with van der Waals surface area (Å²) in [5.74, 6) is 0.946. The molecule has 1 N–H and O–H groups in total. The van der Waals surface area contributed by atoms with Crippen molar-refractivity contribution >= 4 is 34.7 Å². The van der Waals surface area contributed by atoms with E-state index in [9.17, 15) is 9.59 Å². The second-order valence-electron chi connectivity index (χ2n) is 10.9. The van der Waals surface area contributed by atoms with Crippen LogP contribution in [0.5, 0.6) is 11.5 Å². The van der Waals surface area contributed by atoms with Crippen LogP contribution in [0.2, 0.25) is 5.02 Å². The van der Waals surface area contributed by atoms with E-state index in [1.165, 1.54) is 7.11 Å². The van der Waals surface area contributed by atoms with Gasteiger partial charge in [0.05, 0.1) is 31.5 Å². The summed E-state index contributed by atoms with van der Waals surface area (Å²) in [6.07, 6.45) is 0.349. The number of nitrogens with zero attached hydrogens (tertiary/aromatic N) is 1. The van der Waals surface area contributed by atoms with Crippen LogP contribution in [0, 0.1) is 0 Å². The molecule has 0 saturated heterocycles. The summed E-state index contributed by atoms with van der Waals surface area (Å²) in [6, 6.07) is 38.9. The molecule has 0 radical (unpaired) electrons. The zero-order valence-corrected chi connectivity index (χ0v) is 27.2. The topological polar surface area (TPSA) is 77.1 Å². The highest BCUT2D eigenvalue weighted by Crippen LogP contribution is 2.28. The molecular weight excluding hydrogens is 612 g/mol. The molecule has 5 aromatic carbocycles. The molecule has 47 heavy (non-hydrogen) atoms. The molecule has 8 heteroatoms. The second-order valence-corrected chi connectivity index (χ2v) is 11.3. The van der Waals surface area contributed by atoms with Crippen LogP contribution in [0.4, 0.5) is 11.4 Å². The van der Waals surface area contributed by atoms with E-state index in [4.69, 9.17) is 25.8 Å². The van der Waals surface area contributed by atoms with E-state index in [0.29, 0.717) is 53.7 Å². The number of hydrogen-bond acceptors (Lipinski definition) is 7. The molecule has 240 valence electrons.